The Morgan fingerprint density at radius 3 is 2.04 bits per heavy atom. The van der Waals surface area contributed by atoms with E-state index in [0.29, 0.717) is 12.5 Å². The zero-order chi connectivity index (χ0) is 18.2. The molecule has 0 N–H and O–H groups in total. The Bertz CT molecular complexity index is 324. The van der Waals surface area contributed by atoms with E-state index >= 15 is 0 Å². The second-order valence-corrected chi connectivity index (χ2v) is 6.56. The van der Waals surface area contributed by atoms with Gasteiger partial charge in [0.1, 0.15) is 6.10 Å². The monoisotopic (exact) mass is 342 g/mol. The van der Waals surface area contributed by atoms with Crippen LogP contribution in [0, 0.1) is 5.92 Å². The van der Waals surface area contributed by atoms with Crippen LogP contribution in [0.5, 0.6) is 0 Å². The Kier molecular flexibility index (Phi) is 14.8. The highest BCUT2D eigenvalue weighted by Crippen LogP contribution is 2.19. The first-order chi connectivity index (χ1) is 11.6. The maximum absolute atomic E-state index is 11.9. The molecule has 0 bridgehead atoms. The van der Waals surface area contributed by atoms with Gasteiger partial charge >= 0.3 is 11.9 Å². The number of rotatable bonds is 15. The second-order valence-electron chi connectivity index (χ2n) is 6.56. The van der Waals surface area contributed by atoms with E-state index in [1.807, 2.05) is 6.92 Å². The molecule has 0 spiro atoms. The van der Waals surface area contributed by atoms with Crippen LogP contribution in [-0.4, -0.2) is 24.6 Å². The first-order valence-electron chi connectivity index (χ1n) is 9.92. The standard InChI is InChI=1S/C20H38O4/c1-5-9-10-11-16-23-19(21)14-15-20(22)24-18(8-4)13-12-17(6-2)7-3/h17-18H,5-16H2,1-4H3. The van der Waals surface area contributed by atoms with E-state index in [4.69, 9.17) is 9.47 Å². The maximum Gasteiger partial charge on any atom is 0.306 e. The summed E-state index contributed by atoms with van der Waals surface area (Å²) in [6.07, 6.45) is 9.71. The average molecular weight is 343 g/mol. The van der Waals surface area contributed by atoms with Crippen LogP contribution in [0.25, 0.3) is 0 Å². The fourth-order valence-electron chi connectivity index (χ4n) is 2.70. The third kappa shape index (κ3) is 12.4. The summed E-state index contributed by atoms with van der Waals surface area (Å²) in [5.74, 6) is 0.128. The lowest BCUT2D eigenvalue weighted by molar-refractivity contribution is -0.154. The third-order valence-corrected chi connectivity index (χ3v) is 4.60. The highest BCUT2D eigenvalue weighted by molar-refractivity contribution is 5.77. The first-order valence-corrected chi connectivity index (χ1v) is 9.92. The zero-order valence-electron chi connectivity index (χ0n) is 16.3. The first kappa shape index (κ1) is 22.9. The number of esters is 2. The number of unbranched alkanes of at least 4 members (excludes halogenated alkanes) is 3. The lowest BCUT2D eigenvalue weighted by Crippen LogP contribution is -2.19. The number of hydrogen-bond acceptors (Lipinski definition) is 4. The summed E-state index contributed by atoms with van der Waals surface area (Å²) in [4.78, 5) is 23.5. The summed E-state index contributed by atoms with van der Waals surface area (Å²) in [5.41, 5.74) is 0. The minimum absolute atomic E-state index is 0.0248. The van der Waals surface area contributed by atoms with Gasteiger partial charge in [0.25, 0.3) is 0 Å². The molecule has 0 aliphatic carbocycles. The Hall–Kier alpha value is -1.06. The minimum Gasteiger partial charge on any atom is -0.466 e. The SMILES string of the molecule is CCCCCCOC(=O)CCC(=O)OC(CC)CCC(CC)CC. The van der Waals surface area contributed by atoms with E-state index in [1.54, 1.807) is 0 Å². The van der Waals surface area contributed by atoms with Crippen LogP contribution >= 0.6 is 0 Å². The Balaban J connectivity index is 3.86. The average Bonchev–Trinajstić information content (AvgIpc) is 2.59. The maximum atomic E-state index is 11.9. The van der Waals surface area contributed by atoms with Gasteiger partial charge in [-0.3, -0.25) is 9.59 Å². The van der Waals surface area contributed by atoms with Crippen LogP contribution in [0.2, 0.25) is 0 Å². The van der Waals surface area contributed by atoms with E-state index in [0.717, 1.165) is 38.5 Å². The molecule has 1 unspecified atom stereocenters. The van der Waals surface area contributed by atoms with Crippen LogP contribution < -0.4 is 0 Å². The Morgan fingerprint density at radius 2 is 1.46 bits per heavy atom. The van der Waals surface area contributed by atoms with Crippen LogP contribution in [0.3, 0.4) is 0 Å². The molecule has 0 amide bonds. The molecule has 4 nitrogen and oxygen atoms in total. The number of carbonyl (C=O) groups is 2. The van der Waals surface area contributed by atoms with Crippen molar-refractivity contribution < 1.29 is 19.1 Å². The highest BCUT2D eigenvalue weighted by atomic mass is 16.5. The summed E-state index contributed by atoms with van der Waals surface area (Å²) in [6.45, 7) is 9.05. The van der Waals surface area contributed by atoms with Gasteiger partial charge in [-0.15, -0.1) is 0 Å². The number of ether oxygens (including phenoxy) is 2. The molecule has 24 heavy (non-hydrogen) atoms. The summed E-state index contributed by atoms with van der Waals surface area (Å²) in [6, 6.07) is 0. The Labute approximate surface area is 148 Å². The molecule has 142 valence electrons. The van der Waals surface area contributed by atoms with Gasteiger partial charge in [-0.2, -0.15) is 0 Å². The van der Waals surface area contributed by atoms with Crippen LogP contribution in [0.1, 0.15) is 98.3 Å². The molecule has 4 heteroatoms. The molecule has 1 atom stereocenters. The largest absolute Gasteiger partial charge is 0.466 e. The summed E-state index contributed by atoms with van der Waals surface area (Å²) in [5, 5.41) is 0. The summed E-state index contributed by atoms with van der Waals surface area (Å²) >= 11 is 0. The Morgan fingerprint density at radius 1 is 0.792 bits per heavy atom. The van der Waals surface area contributed by atoms with Gasteiger partial charge in [0.05, 0.1) is 19.4 Å². The van der Waals surface area contributed by atoms with E-state index in [2.05, 4.69) is 20.8 Å². The van der Waals surface area contributed by atoms with Crippen molar-refractivity contribution in [2.24, 2.45) is 5.92 Å². The highest BCUT2D eigenvalue weighted by Gasteiger charge is 2.16. The summed E-state index contributed by atoms with van der Waals surface area (Å²) in [7, 11) is 0. The van der Waals surface area contributed by atoms with Gasteiger partial charge in [0.15, 0.2) is 0 Å². The van der Waals surface area contributed by atoms with Crippen molar-refractivity contribution in [1.29, 1.82) is 0 Å². The van der Waals surface area contributed by atoms with Crippen molar-refractivity contribution in [3.63, 3.8) is 0 Å². The molecule has 0 aromatic heterocycles. The molecule has 0 aromatic carbocycles. The normalized spacial score (nSPS) is 12.2. The molecular formula is C20H38O4. The third-order valence-electron chi connectivity index (χ3n) is 4.60. The number of carbonyl (C=O) groups excluding carboxylic acids is 2. The quantitative estimate of drug-likeness (QED) is 0.294. The topological polar surface area (TPSA) is 52.6 Å². The van der Waals surface area contributed by atoms with Crippen molar-refractivity contribution in [2.75, 3.05) is 6.61 Å². The van der Waals surface area contributed by atoms with Gasteiger partial charge < -0.3 is 9.47 Å². The fourth-order valence-corrected chi connectivity index (χ4v) is 2.70. The zero-order valence-corrected chi connectivity index (χ0v) is 16.3. The lowest BCUT2D eigenvalue weighted by Gasteiger charge is -2.19. The minimum atomic E-state index is -0.298. The van der Waals surface area contributed by atoms with Crippen molar-refractivity contribution >= 4 is 11.9 Å². The summed E-state index contributed by atoms with van der Waals surface area (Å²) < 4.78 is 10.6. The molecule has 0 aliphatic heterocycles. The van der Waals surface area contributed by atoms with Gasteiger partial charge in [0.2, 0.25) is 0 Å². The van der Waals surface area contributed by atoms with Crippen molar-refractivity contribution in [3.05, 3.63) is 0 Å². The van der Waals surface area contributed by atoms with Crippen LogP contribution in [0.4, 0.5) is 0 Å². The molecule has 0 heterocycles. The van der Waals surface area contributed by atoms with E-state index in [9.17, 15) is 9.59 Å². The molecule has 0 fully saturated rings. The predicted molar refractivity (Wildman–Crippen MR) is 97.8 cm³/mol. The lowest BCUT2D eigenvalue weighted by atomic mass is 9.95. The molecule has 0 saturated heterocycles. The van der Waals surface area contributed by atoms with Crippen molar-refractivity contribution in [2.45, 2.75) is 104 Å². The van der Waals surface area contributed by atoms with E-state index < -0.39 is 0 Å². The molecule has 0 saturated carbocycles. The molecule has 0 rings (SSSR count). The van der Waals surface area contributed by atoms with Crippen LogP contribution in [-0.2, 0) is 19.1 Å². The van der Waals surface area contributed by atoms with Crippen molar-refractivity contribution in [1.82, 2.24) is 0 Å². The van der Waals surface area contributed by atoms with Gasteiger partial charge in [-0.05, 0) is 31.6 Å². The molecule has 0 aromatic rings. The molecular weight excluding hydrogens is 304 g/mol. The van der Waals surface area contributed by atoms with Gasteiger partial charge in [-0.1, -0.05) is 59.8 Å². The number of hydrogen-bond donors (Lipinski definition) is 0. The molecule has 0 radical (unpaired) electrons. The van der Waals surface area contributed by atoms with Gasteiger partial charge in [0, 0.05) is 0 Å². The second kappa shape index (κ2) is 15.5. The van der Waals surface area contributed by atoms with Gasteiger partial charge in [-0.25, -0.2) is 0 Å². The van der Waals surface area contributed by atoms with Crippen molar-refractivity contribution in [3.8, 4) is 0 Å². The van der Waals surface area contributed by atoms with E-state index in [1.165, 1.54) is 19.3 Å². The smallest absolute Gasteiger partial charge is 0.306 e. The van der Waals surface area contributed by atoms with Crippen LogP contribution in [0.15, 0.2) is 0 Å². The van der Waals surface area contributed by atoms with E-state index in [-0.39, 0.29) is 30.9 Å². The predicted octanol–water partition coefficient (Wildman–Crippen LogP) is 5.43. The molecule has 0 aliphatic rings. The fraction of sp³-hybridized carbons (Fsp3) is 0.900.